The van der Waals surface area contributed by atoms with Gasteiger partial charge in [-0.25, -0.2) is 4.98 Å². The maximum Gasteiger partial charge on any atom is 0.573 e. The zero-order chi connectivity index (χ0) is 23.3. The van der Waals surface area contributed by atoms with Gasteiger partial charge in [-0.1, -0.05) is 12.1 Å². The van der Waals surface area contributed by atoms with Gasteiger partial charge in [0.15, 0.2) is 0 Å². The van der Waals surface area contributed by atoms with E-state index in [1.165, 1.54) is 42.5 Å². The summed E-state index contributed by atoms with van der Waals surface area (Å²) in [5, 5.41) is 13.9. The third-order valence-electron chi connectivity index (χ3n) is 3.90. The minimum Gasteiger partial charge on any atom is -0.480 e. The standard InChI is InChI=1S/C20H16F3N5O4/c21-20(22,23)32-14-3-1-2-12(8-14)15-9-16(28-19(26-15)25-10-17(29)30)27-18(31)11-4-6-13(24)7-5-11/h1-9H,10,24H2,(H,29,30)(H2,25,26,27,28,31). The predicted molar refractivity (Wildman–Crippen MR) is 109 cm³/mol. The number of rotatable bonds is 7. The highest BCUT2D eigenvalue weighted by Crippen LogP contribution is 2.28. The van der Waals surface area contributed by atoms with Gasteiger partial charge in [0.05, 0.1) is 5.69 Å². The lowest BCUT2D eigenvalue weighted by molar-refractivity contribution is -0.274. The van der Waals surface area contributed by atoms with Gasteiger partial charge in [-0.05, 0) is 36.4 Å². The molecule has 1 amide bonds. The number of halogens is 3. The molecular formula is C20H16F3N5O4. The van der Waals surface area contributed by atoms with Crippen molar-refractivity contribution in [2.75, 3.05) is 22.9 Å². The second-order valence-electron chi connectivity index (χ2n) is 6.36. The number of aliphatic carboxylic acids is 1. The van der Waals surface area contributed by atoms with Gasteiger partial charge in [0, 0.05) is 22.9 Å². The average molecular weight is 447 g/mol. The molecule has 3 aromatic rings. The molecule has 3 rings (SSSR count). The maximum atomic E-state index is 12.5. The van der Waals surface area contributed by atoms with Crippen LogP contribution in [0.3, 0.4) is 0 Å². The molecule has 0 aliphatic rings. The van der Waals surface area contributed by atoms with Crippen molar-refractivity contribution in [3.05, 3.63) is 60.2 Å². The quantitative estimate of drug-likeness (QED) is 0.404. The second kappa shape index (κ2) is 9.20. The zero-order valence-corrected chi connectivity index (χ0v) is 16.2. The maximum absolute atomic E-state index is 12.5. The van der Waals surface area contributed by atoms with Crippen molar-refractivity contribution in [1.29, 1.82) is 0 Å². The molecule has 9 nitrogen and oxygen atoms in total. The van der Waals surface area contributed by atoms with Crippen molar-refractivity contribution in [2.24, 2.45) is 0 Å². The zero-order valence-electron chi connectivity index (χ0n) is 16.2. The lowest BCUT2D eigenvalue weighted by Gasteiger charge is -2.12. The minimum absolute atomic E-state index is 0.00754. The fourth-order valence-corrected chi connectivity index (χ4v) is 2.57. The smallest absolute Gasteiger partial charge is 0.480 e. The van der Waals surface area contributed by atoms with Crippen LogP contribution in [0.1, 0.15) is 10.4 Å². The van der Waals surface area contributed by atoms with Crippen molar-refractivity contribution < 1.29 is 32.6 Å². The number of aromatic nitrogens is 2. The number of benzene rings is 2. The van der Waals surface area contributed by atoms with Gasteiger partial charge >= 0.3 is 12.3 Å². The fourth-order valence-electron chi connectivity index (χ4n) is 2.57. The van der Waals surface area contributed by atoms with Crippen LogP contribution in [-0.2, 0) is 4.79 Å². The largest absolute Gasteiger partial charge is 0.573 e. The van der Waals surface area contributed by atoms with E-state index in [0.29, 0.717) is 5.69 Å². The molecule has 0 saturated carbocycles. The summed E-state index contributed by atoms with van der Waals surface area (Å²) in [6.45, 7) is -0.522. The summed E-state index contributed by atoms with van der Waals surface area (Å²) in [6.07, 6.45) is -4.88. The van der Waals surface area contributed by atoms with E-state index in [1.807, 2.05) is 0 Å². The lowest BCUT2D eigenvalue weighted by Crippen LogP contribution is -2.17. The number of carboxylic acid groups (broad SMARTS) is 1. The highest BCUT2D eigenvalue weighted by atomic mass is 19.4. The average Bonchev–Trinajstić information content (AvgIpc) is 2.71. The van der Waals surface area contributed by atoms with E-state index in [0.717, 1.165) is 12.1 Å². The van der Waals surface area contributed by atoms with Gasteiger partial charge in [0.25, 0.3) is 5.91 Å². The van der Waals surface area contributed by atoms with E-state index < -0.39 is 30.5 Å². The first-order valence-corrected chi connectivity index (χ1v) is 8.97. The minimum atomic E-state index is -4.88. The van der Waals surface area contributed by atoms with Crippen molar-refractivity contribution in [1.82, 2.24) is 9.97 Å². The number of hydrogen-bond acceptors (Lipinski definition) is 7. The van der Waals surface area contributed by atoms with E-state index >= 15 is 0 Å². The van der Waals surface area contributed by atoms with Gasteiger partial charge in [-0.15, -0.1) is 13.2 Å². The Bertz CT molecular complexity index is 1140. The Kier molecular flexibility index (Phi) is 6.42. The Hall–Kier alpha value is -4.35. The summed E-state index contributed by atoms with van der Waals surface area (Å²) in [4.78, 5) is 31.5. The number of carbonyl (C=O) groups excluding carboxylic acids is 1. The Labute approximate surface area is 179 Å². The van der Waals surface area contributed by atoms with Gasteiger partial charge in [-0.2, -0.15) is 4.98 Å². The van der Waals surface area contributed by atoms with Crippen LogP contribution in [0.2, 0.25) is 0 Å². The van der Waals surface area contributed by atoms with Crippen LogP contribution in [0.5, 0.6) is 5.75 Å². The number of anilines is 3. The number of hydrogen-bond donors (Lipinski definition) is 4. The van der Waals surface area contributed by atoms with Crippen molar-refractivity contribution in [3.8, 4) is 17.0 Å². The summed E-state index contributed by atoms with van der Waals surface area (Å²) < 4.78 is 41.5. The van der Waals surface area contributed by atoms with E-state index in [2.05, 4.69) is 25.3 Å². The Balaban J connectivity index is 1.94. The predicted octanol–water partition coefficient (Wildman–Crippen LogP) is 3.37. The van der Waals surface area contributed by atoms with Crippen LogP contribution in [-0.4, -0.2) is 39.9 Å². The van der Waals surface area contributed by atoms with Crippen molar-refractivity contribution >= 4 is 29.3 Å². The molecule has 0 aliphatic carbocycles. The van der Waals surface area contributed by atoms with E-state index in [4.69, 9.17) is 10.8 Å². The normalized spacial score (nSPS) is 11.0. The number of ether oxygens (including phenoxy) is 1. The second-order valence-corrected chi connectivity index (χ2v) is 6.36. The van der Waals surface area contributed by atoms with E-state index in [-0.39, 0.29) is 28.6 Å². The molecule has 32 heavy (non-hydrogen) atoms. The number of nitrogens with one attached hydrogen (secondary N) is 2. The van der Waals surface area contributed by atoms with Crippen LogP contribution < -0.4 is 21.1 Å². The van der Waals surface area contributed by atoms with Crippen LogP contribution >= 0.6 is 0 Å². The third-order valence-corrected chi connectivity index (χ3v) is 3.90. The van der Waals surface area contributed by atoms with Gasteiger partial charge < -0.3 is 26.2 Å². The van der Waals surface area contributed by atoms with Crippen LogP contribution in [0.15, 0.2) is 54.6 Å². The van der Waals surface area contributed by atoms with Gasteiger partial charge in [-0.3, -0.25) is 9.59 Å². The molecule has 0 spiro atoms. The summed E-state index contributed by atoms with van der Waals surface area (Å²) >= 11 is 0. The Morgan fingerprint density at radius 2 is 1.78 bits per heavy atom. The molecule has 0 atom stereocenters. The van der Waals surface area contributed by atoms with Crippen LogP contribution in [0.25, 0.3) is 11.3 Å². The molecule has 0 aliphatic heterocycles. The van der Waals surface area contributed by atoms with Crippen LogP contribution in [0, 0.1) is 0 Å². The Morgan fingerprint density at radius 3 is 2.44 bits per heavy atom. The van der Waals surface area contributed by atoms with E-state index in [1.54, 1.807) is 0 Å². The highest BCUT2D eigenvalue weighted by molar-refractivity contribution is 6.04. The molecule has 0 fully saturated rings. The van der Waals surface area contributed by atoms with Crippen LogP contribution in [0.4, 0.5) is 30.6 Å². The fraction of sp³-hybridized carbons (Fsp3) is 0.100. The summed E-state index contributed by atoms with van der Waals surface area (Å²) in [5.41, 5.74) is 6.68. The molecule has 166 valence electrons. The molecule has 12 heteroatoms. The number of nitrogen functional groups attached to an aromatic ring is 1. The summed E-state index contributed by atoms with van der Waals surface area (Å²) in [6, 6.07) is 12.4. The summed E-state index contributed by atoms with van der Waals surface area (Å²) in [7, 11) is 0. The number of alkyl halides is 3. The van der Waals surface area contributed by atoms with Crippen molar-refractivity contribution in [3.63, 3.8) is 0 Å². The number of carboxylic acids is 1. The Morgan fingerprint density at radius 1 is 1.06 bits per heavy atom. The molecular weight excluding hydrogens is 431 g/mol. The first-order valence-electron chi connectivity index (χ1n) is 8.97. The molecule has 0 unspecified atom stereocenters. The van der Waals surface area contributed by atoms with Gasteiger partial charge in [0.1, 0.15) is 18.1 Å². The van der Waals surface area contributed by atoms with Gasteiger partial charge in [0.2, 0.25) is 5.95 Å². The van der Waals surface area contributed by atoms with E-state index in [9.17, 15) is 22.8 Å². The third kappa shape index (κ3) is 6.32. The van der Waals surface area contributed by atoms with Crippen molar-refractivity contribution in [2.45, 2.75) is 6.36 Å². The highest BCUT2D eigenvalue weighted by Gasteiger charge is 2.31. The molecule has 2 aromatic carbocycles. The lowest BCUT2D eigenvalue weighted by atomic mass is 10.1. The first kappa shape index (κ1) is 22.3. The monoisotopic (exact) mass is 447 g/mol. The first-order chi connectivity index (χ1) is 15.1. The SMILES string of the molecule is Nc1ccc(C(=O)Nc2cc(-c3cccc(OC(F)(F)F)c3)nc(NCC(=O)O)n2)cc1. The molecule has 0 radical (unpaired) electrons. The molecule has 0 saturated heterocycles. The molecule has 0 bridgehead atoms. The number of amides is 1. The number of nitrogens with two attached hydrogens (primary N) is 1. The number of nitrogens with zero attached hydrogens (tertiary/aromatic N) is 2. The molecule has 1 aromatic heterocycles. The number of carbonyl (C=O) groups is 2. The summed E-state index contributed by atoms with van der Waals surface area (Å²) in [5.74, 6) is -2.35. The molecule has 1 heterocycles. The topological polar surface area (TPSA) is 139 Å². The molecule has 5 N–H and O–H groups in total.